The lowest BCUT2D eigenvalue weighted by molar-refractivity contribution is 0.600. The summed E-state index contributed by atoms with van der Waals surface area (Å²) in [5.74, 6) is 0.821. The zero-order valence-corrected chi connectivity index (χ0v) is 16.3. The predicted molar refractivity (Wildman–Crippen MR) is 107 cm³/mol. The molecule has 0 radical (unpaired) electrons. The van der Waals surface area contributed by atoms with Crippen LogP contribution in [0.4, 0.5) is 5.69 Å². The van der Waals surface area contributed by atoms with Crippen LogP contribution in [0.3, 0.4) is 0 Å². The van der Waals surface area contributed by atoms with Gasteiger partial charge in [0.25, 0.3) is 10.0 Å². The van der Waals surface area contributed by atoms with E-state index in [1.54, 1.807) is 43.1 Å². The molecule has 0 aliphatic rings. The van der Waals surface area contributed by atoms with E-state index >= 15 is 0 Å². The Hall–Kier alpha value is -2.31. The van der Waals surface area contributed by atoms with Crippen molar-refractivity contribution < 1.29 is 8.42 Å². The summed E-state index contributed by atoms with van der Waals surface area (Å²) in [6.45, 7) is 3.68. The second-order valence-corrected chi connectivity index (χ2v) is 8.75. The highest BCUT2D eigenvalue weighted by Gasteiger charge is 2.17. The van der Waals surface area contributed by atoms with Gasteiger partial charge in [-0.3, -0.25) is 9.71 Å². The molecular formula is C20H20N2O2S2. The van der Waals surface area contributed by atoms with Gasteiger partial charge in [0.2, 0.25) is 0 Å². The van der Waals surface area contributed by atoms with Crippen molar-refractivity contribution in [2.24, 2.45) is 0 Å². The molecule has 1 aromatic heterocycles. The molecule has 6 heteroatoms. The molecule has 0 fully saturated rings. The minimum Gasteiger partial charge on any atom is -0.280 e. The van der Waals surface area contributed by atoms with E-state index in [9.17, 15) is 8.42 Å². The summed E-state index contributed by atoms with van der Waals surface area (Å²) in [7, 11) is -3.60. The lowest BCUT2D eigenvalue weighted by atomic mass is 10.2. The molecule has 0 spiro atoms. The Labute approximate surface area is 158 Å². The fraction of sp³-hybridized carbons (Fsp3) is 0.150. The van der Waals surface area contributed by atoms with Crippen molar-refractivity contribution in [1.82, 2.24) is 4.98 Å². The molecule has 0 aliphatic carbocycles. The van der Waals surface area contributed by atoms with Crippen LogP contribution in [0, 0.1) is 13.8 Å². The normalized spacial score (nSPS) is 11.3. The summed E-state index contributed by atoms with van der Waals surface area (Å²) in [5.41, 5.74) is 3.35. The van der Waals surface area contributed by atoms with Crippen molar-refractivity contribution in [3.8, 4) is 0 Å². The van der Waals surface area contributed by atoms with Crippen molar-refractivity contribution in [3.05, 3.63) is 83.7 Å². The average molecular weight is 385 g/mol. The van der Waals surface area contributed by atoms with Gasteiger partial charge in [-0.25, -0.2) is 8.42 Å². The Morgan fingerprint density at radius 3 is 2.50 bits per heavy atom. The average Bonchev–Trinajstić information content (AvgIpc) is 2.64. The molecule has 0 bridgehead atoms. The molecule has 2 aromatic carbocycles. The van der Waals surface area contributed by atoms with Gasteiger partial charge in [-0.05, 0) is 66.9 Å². The SMILES string of the molecule is Cc1ccc(C)c(S(=O)(=O)Nc2ccc(SCc3cccnc3)cc2)c1. The maximum atomic E-state index is 12.6. The van der Waals surface area contributed by atoms with Gasteiger partial charge >= 0.3 is 0 Å². The van der Waals surface area contributed by atoms with Crippen molar-refractivity contribution in [3.63, 3.8) is 0 Å². The fourth-order valence-corrected chi connectivity index (χ4v) is 4.70. The summed E-state index contributed by atoms with van der Waals surface area (Å²) in [6, 6.07) is 16.8. The first-order valence-corrected chi connectivity index (χ1v) is 10.6. The molecule has 26 heavy (non-hydrogen) atoms. The van der Waals surface area contributed by atoms with Crippen LogP contribution < -0.4 is 4.72 Å². The second-order valence-electron chi connectivity index (χ2n) is 6.05. The second kappa shape index (κ2) is 7.93. The summed E-state index contributed by atoms with van der Waals surface area (Å²) < 4.78 is 28.0. The highest BCUT2D eigenvalue weighted by molar-refractivity contribution is 7.98. The maximum Gasteiger partial charge on any atom is 0.262 e. The Morgan fingerprint density at radius 1 is 1.04 bits per heavy atom. The van der Waals surface area contributed by atoms with E-state index in [4.69, 9.17) is 0 Å². The smallest absolute Gasteiger partial charge is 0.262 e. The number of pyridine rings is 1. The number of thioether (sulfide) groups is 1. The van der Waals surface area contributed by atoms with Gasteiger partial charge in [0.1, 0.15) is 0 Å². The summed E-state index contributed by atoms with van der Waals surface area (Å²) in [4.78, 5) is 5.49. The molecule has 0 saturated heterocycles. The van der Waals surface area contributed by atoms with Crippen molar-refractivity contribution >= 4 is 27.5 Å². The van der Waals surface area contributed by atoms with E-state index in [1.807, 2.05) is 49.5 Å². The number of sulfonamides is 1. The van der Waals surface area contributed by atoms with Crippen molar-refractivity contribution in [1.29, 1.82) is 0 Å². The summed E-state index contributed by atoms with van der Waals surface area (Å²) >= 11 is 1.68. The highest BCUT2D eigenvalue weighted by Crippen LogP contribution is 2.25. The molecule has 0 aliphatic heterocycles. The minimum atomic E-state index is -3.60. The standard InChI is InChI=1S/C20H20N2O2S2/c1-15-5-6-16(2)20(12-15)26(23,24)22-18-7-9-19(10-8-18)25-14-17-4-3-11-21-13-17/h3-13,22H,14H2,1-2H3. The first-order valence-electron chi connectivity index (χ1n) is 8.16. The quantitative estimate of drug-likeness (QED) is 0.621. The van der Waals surface area contributed by atoms with Gasteiger partial charge < -0.3 is 0 Å². The molecule has 0 saturated carbocycles. The van der Waals surface area contributed by atoms with E-state index in [2.05, 4.69) is 9.71 Å². The van der Waals surface area contributed by atoms with E-state index in [0.29, 0.717) is 10.6 Å². The molecule has 1 N–H and O–H groups in total. The number of rotatable bonds is 6. The Kier molecular flexibility index (Phi) is 5.64. The minimum absolute atomic E-state index is 0.313. The number of anilines is 1. The first kappa shape index (κ1) is 18.5. The Bertz CT molecular complexity index is 986. The Morgan fingerprint density at radius 2 is 1.81 bits per heavy atom. The van der Waals surface area contributed by atoms with E-state index < -0.39 is 10.0 Å². The van der Waals surface area contributed by atoms with Gasteiger partial charge in [0.15, 0.2) is 0 Å². The van der Waals surface area contributed by atoms with E-state index in [0.717, 1.165) is 27.3 Å². The largest absolute Gasteiger partial charge is 0.280 e. The van der Waals surface area contributed by atoms with Crippen LogP contribution in [0.5, 0.6) is 0 Å². The molecule has 0 amide bonds. The van der Waals surface area contributed by atoms with Gasteiger partial charge in [0.05, 0.1) is 4.90 Å². The number of aryl methyl sites for hydroxylation is 2. The number of aromatic nitrogens is 1. The molecular weight excluding hydrogens is 364 g/mol. The Balaban J connectivity index is 1.69. The summed E-state index contributed by atoms with van der Waals surface area (Å²) in [5, 5.41) is 0. The molecule has 0 atom stereocenters. The van der Waals surface area contributed by atoms with Crippen LogP contribution in [0.25, 0.3) is 0 Å². The zero-order valence-electron chi connectivity index (χ0n) is 14.6. The molecule has 3 rings (SSSR count). The number of nitrogens with one attached hydrogen (secondary N) is 1. The van der Waals surface area contributed by atoms with Crippen LogP contribution in [-0.4, -0.2) is 13.4 Å². The number of nitrogens with zero attached hydrogens (tertiary/aromatic N) is 1. The molecule has 3 aromatic rings. The fourth-order valence-electron chi connectivity index (χ4n) is 2.48. The van der Waals surface area contributed by atoms with Crippen LogP contribution in [0.15, 0.2) is 76.8 Å². The maximum absolute atomic E-state index is 12.6. The van der Waals surface area contributed by atoms with Gasteiger partial charge in [-0.2, -0.15) is 0 Å². The van der Waals surface area contributed by atoms with Crippen LogP contribution >= 0.6 is 11.8 Å². The first-order chi connectivity index (χ1) is 12.4. The van der Waals surface area contributed by atoms with Crippen molar-refractivity contribution in [2.75, 3.05) is 4.72 Å². The molecule has 4 nitrogen and oxygen atoms in total. The third-order valence-corrected chi connectivity index (χ3v) is 6.47. The zero-order chi connectivity index (χ0) is 18.6. The predicted octanol–water partition coefficient (Wildman–Crippen LogP) is 4.79. The number of hydrogen-bond acceptors (Lipinski definition) is 4. The van der Waals surface area contributed by atoms with Gasteiger partial charge in [-0.1, -0.05) is 18.2 Å². The molecule has 134 valence electrons. The van der Waals surface area contributed by atoms with Crippen LogP contribution in [0.2, 0.25) is 0 Å². The molecule has 1 heterocycles. The monoisotopic (exact) mass is 384 g/mol. The van der Waals surface area contributed by atoms with Crippen LogP contribution in [0.1, 0.15) is 16.7 Å². The van der Waals surface area contributed by atoms with Gasteiger partial charge in [-0.15, -0.1) is 11.8 Å². The highest BCUT2D eigenvalue weighted by atomic mass is 32.2. The van der Waals surface area contributed by atoms with E-state index in [1.165, 1.54) is 0 Å². The lowest BCUT2D eigenvalue weighted by Crippen LogP contribution is -2.14. The van der Waals surface area contributed by atoms with Crippen LogP contribution in [-0.2, 0) is 15.8 Å². The lowest BCUT2D eigenvalue weighted by Gasteiger charge is -2.11. The third kappa shape index (κ3) is 4.65. The number of hydrogen-bond donors (Lipinski definition) is 1. The van der Waals surface area contributed by atoms with Gasteiger partial charge in [0, 0.05) is 28.7 Å². The number of benzene rings is 2. The summed E-state index contributed by atoms with van der Waals surface area (Å²) in [6.07, 6.45) is 3.60. The van der Waals surface area contributed by atoms with E-state index in [-0.39, 0.29) is 0 Å². The molecule has 0 unspecified atom stereocenters. The van der Waals surface area contributed by atoms with Crippen molar-refractivity contribution in [2.45, 2.75) is 29.4 Å². The topological polar surface area (TPSA) is 59.1 Å². The third-order valence-electron chi connectivity index (χ3n) is 3.87.